The lowest BCUT2D eigenvalue weighted by molar-refractivity contribution is -0.141. The highest BCUT2D eigenvalue weighted by Gasteiger charge is 2.20. The molecule has 0 unspecified atom stereocenters. The van der Waals surface area contributed by atoms with Crippen LogP contribution in [0.15, 0.2) is 0 Å². The van der Waals surface area contributed by atoms with E-state index in [4.69, 9.17) is 0 Å². The molecule has 82 valence electrons. The van der Waals surface area contributed by atoms with Crippen LogP contribution in [0.25, 0.3) is 0 Å². The lowest BCUT2D eigenvalue weighted by Crippen LogP contribution is -2.20. The summed E-state index contributed by atoms with van der Waals surface area (Å²) < 4.78 is 9.03. The fourth-order valence-electron chi connectivity index (χ4n) is 0.784. The zero-order valence-corrected chi connectivity index (χ0v) is 11.1. The Bertz CT molecular complexity index is 186. The van der Waals surface area contributed by atoms with Crippen molar-refractivity contribution in [1.29, 1.82) is 0 Å². The van der Waals surface area contributed by atoms with Gasteiger partial charge in [0.1, 0.15) is 9.65 Å². The molecule has 0 aliphatic carbocycles. The Balaban J connectivity index is 3.82. The quantitative estimate of drug-likeness (QED) is 0.567. The van der Waals surface area contributed by atoms with Gasteiger partial charge in [-0.3, -0.25) is 9.59 Å². The molecule has 0 radical (unpaired) electrons. The first kappa shape index (κ1) is 13.9. The Kier molecular flexibility index (Phi) is 7.17. The van der Waals surface area contributed by atoms with Crippen molar-refractivity contribution in [2.45, 2.75) is 22.5 Å². The zero-order chi connectivity index (χ0) is 11.1. The summed E-state index contributed by atoms with van der Waals surface area (Å²) in [7, 11) is 2.64. The van der Waals surface area contributed by atoms with E-state index in [0.29, 0.717) is 12.8 Å². The first-order valence-electron chi connectivity index (χ1n) is 3.96. The number of alkyl halides is 2. The molecule has 0 saturated carbocycles. The maximum atomic E-state index is 11.0. The van der Waals surface area contributed by atoms with Crippen LogP contribution in [0.2, 0.25) is 0 Å². The minimum absolute atomic E-state index is 0.338. The molecule has 0 spiro atoms. The lowest BCUT2D eigenvalue weighted by Gasteiger charge is -2.09. The van der Waals surface area contributed by atoms with Crippen molar-refractivity contribution in [1.82, 2.24) is 0 Å². The first-order valence-corrected chi connectivity index (χ1v) is 5.79. The van der Waals surface area contributed by atoms with Crippen molar-refractivity contribution >= 4 is 43.8 Å². The Morgan fingerprint density at radius 2 is 1.29 bits per heavy atom. The van der Waals surface area contributed by atoms with Crippen molar-refractivity contribution in [2.24, 2.45) is 0 Å². The van der Waals surface area contributed by atoms with E-state index in [1.807, 2.05) is 0 Å². The largest absolute Gasteiger partial charge is 0.468 e. The highest BCUT2D eigenvalue weighted by atomic mass is 79.9. The maximum absolute atomic E-state index is 11.0. The summed E-state index contributed by atoms with van der Waals surface area (Å²) in [5.41, 5.74) is 0. The minimum atomic E-state index is -0.378. The number of carbonyl (C=O) groups is 2. The average Bonchev–Trinajstić information content (AvgIpc) is 2.22. The predicted molar refractivity (Wildman–Crippen MR) is 58.7 cm³/mol. The molecule has 0 N–H and O–H groups in total. The van der Waals surface area contributed by atoms with E-state index in [1.165, 1.54) is 14.2 Å². The summed E-state index contributed by atoms with van der Waals surface area (Å²) in [6.45, 7) is 0. The molecular weight excluding hydrogens is 320 g/mol. The Hall–Kier alpha value is -0.100. The van der Waals surface area contributed by atoms with Gasteiger partial charge in [0, 0.05) is 0 Å². The molecule has 2 atom stereocenters. The van der Waals surface area contributed by atoms with Crippen LogP contribution in [0, 0.1) is 0 Å². The van der Waals surface area contributed by atoms with Crippen molar-refractivity contribution in [3.63, 3.8) is 0 Å². The Morgan fingerprint density at radius 3 is 1.50 bits per heavy atom. The topological polar surface area (TPSA) is 52.6 Å². The Labute approximate surface area is 99.6 Å². The van der Waals surface area contributed by atoms with Gasteiger partial charge >= 0.3 is 11.9 Å². The molecule has 6 heteroatoms. The molecule has 0 aliphatic heterocycles. The van der Waals surface area contributed by atoms with E-state index in [0.717, 1.165) is 0 Å². The van der Waals surface area contributed by atoms with E-state index >= 15 is 0 Å². The standard InChI is InChI=1S/C8H12Br2O4/c1-13-7(11)5(9)3-4-6(10)8(12)14-2/h5-6H,3-4H2,1-2H3/t5-,6+. The van der Waals surface area contributed by atoms with E-state index in [9.17, 15) is 9.59 Å². The summed E-state index contributed by atoms with van der Waals surface area (Å²) in [5, 5.41) is 0. The van der Waals surface area contributed by atoms with E-state index in [2.05, 4.69) is 41.3 Å². The number of carbonyl (C=O) groups excluding carboxylic acids is 2. The van der Waals surface area contributed by atoms with Crippen molar-refractivity contribution in [3.8, 4) is 0 Å². The van der Waals surface area contributed by atoms with Crippen LogP contribution in [0.4, 0.5) is 0 Å². The molecular formula is C8H12Br2O4. The number of esters is 2. The lowest BCUT2D eigenvalue weighted by atomic mass is 10.2. The molecule has 0 amide bonds. The van der Waals surface area contributed by atoms with Gasteiger partial charge in [0.25, 0.3) is 0 Å². The summed E-state index contributed by atoms with van der Waals surface area (Å²) in [6.07, 6.45) is 1.02. The monoisotopic (exact) mass is 330 g/mol. The number of rotatable bonds is 5. The Morgan fingerprint density at radius 1 is 1.00 bits per heavy atom. The molecule has 0 bridgehead atoms. The molecule has 0 aromatic heterocycles. The molecule has 4 nitrogen and oxygen atoms in total. The molecule has 0 heterocycles. The van der Waals surface area contributed by atoms with Gasteiger partial charge in [0.05, 0.1) is 14.2 Å². The second-order valence-electron chi connectivity index (χ2n) is 2.56. The zero-order valence-electron chi connectivity index (χ0n) is 7.96. The van der Waals surface area contributed by atoms with E-state index < -0.39 is 0 Å². The second kappa shape index (κ2) is 7.23. The molecule has 0 saturated heterocycles. The van der Waals surface area contributed by atoms with Gasteiger partial charge in [-0.1, -0.05) is 31.9 Å². The van der Waals surface area contributed by atoms with E-state index in [-0.39, 0.29) is 21.6 Å². The van der Waals surface area contributed by atoms with Crippen LogP contribution in [-0.2, 0) is 19.1 Å². The highest BCUT2D eigenvalue weighted by molar-refractivity contribution is 9.10. The van der Waals surface area contributed by atoms with Crippen molar-refractivity contribution in [2.75, 3.05) is 14.2 Å². The number of methoxy groups -OCH3 is 2. The third-order valence-electron chi connectivity index (χ3n) is 1.59. The van der Waals surface area contributed by atoms with Gasteiger partial charge in [0.2, 0.25) is 0 Å². The van der Waals surface area contributed by atoms with E-state index in [1.54, 1.807) is 0 Å². The van der Waals surface area contributed by atoms with Crippen LogP contribution >= 0.6 is 31.9 Å². The summed E-state index contributed by atoms with van der Waals surface area (Å²) in [6, 6.07) is 0. The van der Waals surface area contributed by atoms with Gasteiger partial charge in [0.15, 0.2) is 0 Å². The molecule has 0 aromatic carbocycles. The first-order chi connectivity index (χ1) is 6.52. The van der Waals surface area contributed by atoms with Crippen molar-refractivity contribution < 1.29 is 19.1 Å². The van der Waals surface area contributed by atoms with Gasteiger partial charge < -0.3 is 9.47 Å². The molecule has 0 rings (SSSR count). The molecule has 14 heavy (non-hydrogen) atoms. The summed E-state index contributed by atoms with van der Waals surface area (Å²) >= 11 is 6.31. The number of hydrogen-bond donors (Lipinski definition) is 0. The maximum Gasteiger partial charge on any atom is 0.319 e. The third kappa shape index (κ3) is 4.95. The normalized spacial score (nSPS) is 14.3. The van der Waals surface area contributed by atoms with Gasteiger partial charge in [-0.2, -0.15) is 0 Å². The number of halogens is 2. The minimum Gasteiger partial charge on any atom is -0.468 e. The van der Waals surface area contributed by atoms with Gasteiger partial charge in [-0.05, 0) is 12.8 Å². The van der Waals surface area contributed by atoms with Crippen LogP contribution in [0.3, 0.4) is 0 Å². The fraction of sp³-hybridized carbons (Fsp3) is 0.750. The number of ether oxygens (including phenoxy) is 2. The van der Waals surface area contributed by atoms with Crippen LogP contribution in [0.5, 0.6) is 0 Å². The SMILES string of the molecule is COC(=O)[C@H](Br)CC[C@H](Br)C(=O)OC. The predicted octanol–water partition coefficient (Wildman–Crippen LogP) is 1.64. The molecule has 0 aliphatic rings. The average molecular weight is 332 g/mol. The summed E-state index contributed by atoms with van der Waals surface area (Å²) in [4.78, 5) is 21.2. The van der Waals surface area contributed by atoms with Crippen molar-refractivity contribution in [3.05, 3.63) is 0 Å². The third-order valence-corrected chi connectivity index (χ3v) is 3.25. The second-order valence-corrected chi connectivity index (χ2v) is 4.77. The molecule has 0 fully saturated rings. The highest BCUT2D eigenvalue weighted by Crippen LogP contribution is 2.16. The van der Waals surface area contributed by atoms with Crippen LogP contribution < -0.4 is 0 Å². The molecule has 0 aromatic rings. The fourth-order valence-corrected chi connectivity index (χ4v) is 1.69. The van der Waals surface area contributed by atoms with Gasteiger partial charge in [-0.15, -0.1) is 0 Å². The smallest absolute Gasteiger partial charge is 0.319 e. The number of hydrogen-bond acceptors (Lipinski definition) is 4. The van der Waals surface area contributed by atoms with Gasteiger partial charge in [-0.25, -0.2) is 0 Å². The van der Waals surface area contributed by atoms with Crippen LogP contribution in [0.1, 0.15) is 12.8 Å². The van der Waals surface area contributed by atoms with Crippen LogP contribution in [-0.4, -0.2) is 35.8 Å². The summed E-state index contributed by atoms with van der Waals surface area (Å²) in [5.74, 6) is -0.677.